The highest BCUT2D eigenvalue weighted by atomic mass is 16.2. The van der Waals surface area contributed by atoms with E-state index in [2.05, 4.69) is 15.6 Å². The van der Waals surface area contributed by atoms with Crippen molar-refractivity contribution in [3.8, 4) is 0 Å². The molecule has 0 aromatic heterocycles. The van der Waals surface area contributed by atoms with Crippen molar-refractivity contribution in [3.63, 3.8) is 0 Å². The summed E-state index contributed by atoms with van der Waals surface area (Å²) in [4.78, 5) is 21.9. The Balaban J connectivity index is 0.000000178. The molecule has 2 N–H and O–H groups in total. The molecule has 0 unspecified atom stereocenters. The number of carbonyl (C=O) groups excluding carboxylic acids is 2. The van der Waals surface area contributed by atoms with Gasteiger partial charge in [0.25, 0.3) is 0 Å². The van der Waals surface area contributed by atoms with Crippen LogP contribution < -0.4 is 10.6 Å². The lowest BCUT2D eigenvalue weighted by Gasteiger charge is -2.39. The first-order valence-electron chi connectivity index (χ1n) is 7.80. The number of amides is 2. The average Bonchev–Trinajstić information content (AvgIpc) is 2.50. The highest BCUT2D eigenvalue weighted by Crippen LogP contribution is 2.13. The van der Waals surface area contributed by atoms with E-state index in [-0.39, 0.29) is 5.91 Å². The molecule has 6 heteroatoms. The van der Waals surface area contributed by atoms with Gasteiger partial charge in [0.2, 0.25) is 11.8 Å². The van der Waals surface area contributed by atoms with Crippen molar-refractivity contribution in [2.75, 3.05) is 39.3 Å². The Hall–Kier alpha value is -1.14. The summed E-state index contributed by atoms with van der Waals surface area (Å²) >= 11 is 0. The zero-order valence-electron chi connectivity index (χ0n) is 12.2. The van der Waals surface area contributed by atoms with Crippen molar-refractivity contribution >= 4 is 11.8 Å². The number of nitrogens with one attached hydrogen (secondary N) is 2. The largest absolute Gasteiger partial charge is 0.356 e. The van der Waals surface area contributed by atoms with Gasteiger partial charge in [-0.15, -0.1) is 0 Å². The number of hydrazine groups is 1. The second-order valence-corrected chi connectivity index (χ2v) is 5.48. The molecule has 3 rings (SSSR count). The summed E-state index contributed by atoms with van der Waals surface area (Å²) in [6.45, 7) is 5.78. The van der Waals surface area contributed by atoms with Crippen molar-refractivity contribution in [1.82, 2.24) is 20.7 Å². The van der Waals surface area contributed by atoms with E-state index in [1.165, 1.54) is 0 Å². The van der Waals surface area contributed by atoms with E-state index in [1.807, 2.05) is 5.01 Å². The van der Waals surface area contributed by atoms with Gasteiger partial charge in [0.1, 0.15) is 0 Å². The first kappa shape index (κ1) is 15.3. The van der Waals surface area contributed by atoms with E-state index in [0.29, 0.717) is 5.91 Å². The highest BCUT2D eigenvalue weighted by molar-refractivity contribution is 5.76. The fourth-order valence-electron chi connectivity index (χ4n) is 2.71. The number of rotatable bonds is 1. The Morgan fingerprint density at radius 3 is 2.10 bits per heavy atom. The topological polar surface area (TPSA) is 64.7 Å². The quantitative estimate of drug-likeness (QED) is 0.716. The first-order valence-corrected chi connectivity index (χ1v) is 7.80. The Labute approximate surface area is 120 Å². The Morgan fingerprint density at radius 2 is 1.55 bits per heavy atom. The fourth-order valence-corrected chi connectivity index (χ4v) is 2.71. The molecule has 3 aliphatic heterocycles. The Morgan fingerprint density at radius 1 is 0.800 bits per heavy atom. The molecular weight excluding hydrogens is 256 g/mol. The maximum absolute atomic E-state index is 11.6. The van der Waals surface area contributed by atoms with Gasteiger partial charge in [-0.3, -0.25) is 14.6 Å². The van der Waals surface area contributed by atoms with Crippen LogP contribution in [0.5, 0.6) is 0 Å². The molecular formula is C14H26N4O2. The summed E-state index contributed by atoms with van der Waals surface area (Å²) in [6, 6.07) is 0. The Kier molecular flexibility index (Phi) is 6.26. The molecule has 0 atom stereocenters. The van der Waals surface area contributed by atoms with Crippen LogP contribution >= 0.6 is 0 Å². The predicted octanol–water partition coefficient (Wildman–Crippen LogP) is 0.106. The lowest BCUT2D eigenvalue weighted by atomic mass is 10.1. The SMILES string of the molecule is O=C1CCCCN1.O=C1CCCCN1N1CCNCC1. The second-order valence-electron chi connectivity index (χ2n) is 5.48. The van der Waals surface area contributed by atoms with Gasteiger partial charge in [0.05, 0.1) is 0 Å². The number of carbonyl (C=O) groups is 2. The third-order valence-corrected chi connectivity index (χ3v) is 3.89. The molecule has 2 amide bonds. The minimum Gasteiger partial charge on any atom is -0.356 e. The normalized spacial score (nSPS) is 24.7. The van der Waals surface area contributed by atoms with E-state index >= 15 is 0 Å². The number of nitrogens with zero attached hydrogens (tertiary/aromatic N) is 2. The van der Waals surface area contributed by atoms with Crippen molar-refractivity contribution in [3.05, 3.63) is 0 Å². The molecule has 0 aliphatic carbocycles. The van der Waals surface area contributed by atoms with Gasteiger partial charge < -0.3 is 10.6 Å². The van der Waals surface area contributed by atoms with Crippen molar-refractivity contribution < 1.29 is 9.59 Å². The molecule has 0 radical (unpaired) electrons. The maximum Gasteiger partial charge on any atom is 0.236 e. The highest BCUT2D eigenvalue weighted by Gasteiger charge is 2.24. The molecule has 0 saturated carbocycles. The molecule has 3 aliphatic rings. The summed E-state index contributed by atoms with van der Waals surface area (Å²) in [5.41, 5.74) is 0. The van der Waals surface area contributed by atoms with Gasteiger partial charge in [0.15, 0.2) is 0 Å². The standard InChI is InChI=1S/C9H17N3O.C5H9NO/c13-9-3-1-2-6-12(9)11-7-4-10-5-8-11;7-5-3-1-2-4-6-5/h10H,1-8H2;1-4H2,(H,6,7). The number of piperidine rings is 2. The van der Waals surface area contributed by atoms with Gasteiger partial charge in [-0.1, -0.05) is 0 Å². The zero-order chi connectivity index (χ0) is 14.2. The smallest absolute Gasteiger partial charge is 0.236 e. The van der Waals surface area contributed by atoms with Crippen LogP contribution in [0.25, 0.3) is 0 Å². The van der Waals surface area contributed by atoms with E-state index in [4.69, 9.17) is 0 Å². The van der Waals surface area contributed by atoms with Crippen molar-refractivity contribution in [1.29, 1.82) is 0 Å². The molecule has 3 saturated heterocycles. The van der Waals surface area contributed by atoms with Gasteiger partial charge in [-0.2, -0.15) is 0 Å². The van der Waals surface area contributed by atoms with Crippen LogP contribution in [-0.2, 0) is 9.59 Å². The second kappa shape index (κ2) is 8.21. The van der Waals surface area contributed by atoms with E-state index in [1.54, 1.807) is 0 Å². The van der Waals surface area contributed by atoms with Crippen molar-refractivity contribution in [2.24, 2.45) is 0 Å². The molecule has 3 fully saturated rings. The van der Waals surface area contributed by atoms with E-state index < -0.39 is 0 Å². The summed E-state index contributed by atoms with van der Waals surface area (Å²) < 4.78 is 0. The minimum atomic E-state index is 0.214. The summed E-state index contributed by atoms with van der Waals surface area (Å²) in [5.74, 6) is 0.527. The lowest BCUT2D eigenvalue weighted by molar-refractivity contribution is -0.153. The van der Waals surface area contributed by atoms with Crippen LogP contribution in [0.1, 0.15) is 38.5 Å². The minimum absolute atomic E-state index is 0.214. The van der Waals surface area contributed by atoms with Crippen LogP contribution in [-0.4, -0.2) is 61.1 Å². The van der Waals surface area contributed by atoms with Crippen LogP contribution in [0, 0.1) is 0 Å². The van der Waals surface area contributed by atoms with Gasteiger partial charge in [0, 0.05) is 52.1 Å². The number of hydrogen-bond acceptors (Lipinski definition) is 4. The Bertz CT molecular complexity index is 321. The molecule has 3 heterocycles. The van der Waals surface area contributed by atoms with Crippen LogP contribution in [0.4, 0.5) is 0 Å². The predicted molar refractivity (Wildman–Crippen MR) is 76.9 cm³/mol. The van der Waals surface area contributed by atoms with E-state index in [9.17, 15) is 9.59 Å². The molecule has 0 aromatic carbocycles. The molecule has 0 bridgehead atoms. The number of hydrogen-bond donors (Lipinski definition) is 2. The third kappa shape index (κ3) is 4.76. The van der Waals surface area contributed by atoms with Gasteiger partial charge in [-0.25, -0.2) is 5.01 Å². The maximum atomic E-state index is 11.6. The van der Waals surface area contributed by atoms with Gasteiger partial charge >= 0.3 is 0 Å². The lowest BCUT2D eigenvalue weighted by Crippen LogP contribution is -2.55. The average molecular weight is 282 g/mol. The number of piperazine rings is 1. The van der Waals surface area contributed by atoms with Crippen LogP contribution in [0.3, 0.4) is 0 Å². The summed E-state index contributed by atoms with van der Waals surface area (Å²) in [6.07, 6.45) is 5.94. The molecule has 114 valence electrons. The van der Waals surface area contributed by atoms with Gasteiger partial charge in [-0.05, 0) is 25.7 Å². The molecule has 0 aromatic rings. The van der Waals surface area contributed by atoms with Crippen LogP contribution in [0.15, 0.2) is 0 Å². The summed E-state index contributed by atoms with van der Waals surface area (Å²) in [7, 11) is 0. The fraction of sp³-hybridized carbons (Fsp3) is 0.857. The van der Waals surface area contributed by atoms with Crippen molar-refractivity contribution in [2.45, 2.75) is 38.5 Å². The molecule has 20 heavy (non-hydrogen) atoms. The van der Waals surface area contributed by atoms with Crippen LogP contribution in [0.2, 0.25) is 0 Å². The zero-order valence-corrected chi connectivity index (χ0v) is 12.2. The monoisotopic (exact) mass is 282 g/mol. The first-order chi connectivity index (χ1) is 9.77. The molecule has 6 nitrogen and oxygen atoms in total. The van der Waals surface area contributed by atoms with E-state index in [0.717, 1.165) is 77.8 Å². The molecule has 0 spiro atoms. The summed E-state index contributed by atoms with van der Waals surface area (Å²) in [5, 5.41) is 10.2. The third-order valence-electron chi connectivity index (χ3n) is 3.89.